The van der Waals surface area contributed by atoms with Gasteiger partial charge in [-0.25, -0.2) is 0 Å². The molecule has 0 aliphatic heterocycles. The van der Waals surface area contributed by atoms with Gasteiger partial charge in [0.1, 0.15) is 0 Å². The summed E-state index contributed by atoms with van der Waals surface area (Å²) < 4.78 is 0. The summed E-state index contributed by atoms with van der Waals surface area (Å²) in [6, 6.07) is 1.48. The predicted molar refractivity (Wildman–Crippen MR) is 72.6 cm³/mol. The van der Waals surface area contributed by atoms with Crippen molar-refractivity contribution < 1.29 is 0 Å². The van der Waals surface area contributed by atoms with E-state index in [4.69, 9.17) is 0 Å². The fraction of sp³-hybridized carbons (Fsp3) is 1.00. The van der Waals surface area contributed by atoms with Gasteiger partial charge in [0.05, 0.1) is 0 Å². The fourth-order valence-corrected chi connectivity index (χ4v) is 2.94. The van der Waals surface area contributed by atoms with Crippen LogP contribution in [0.4, 0.5) is 0 Å². The van der Waals surface area contributed by atoms with Gasteiger partial charge in [-0.3, -0.25) is 0 Å². The van der Waals surface area contributed by atoms with E-state index < -0.39 is 0 Å². The van der Waals surface area contributed by atoms with Crippen LogP contribution in [0.1, 0.15) is 66.7 Å². The minimum atomic E-state index is 0.695. The third-order valence-corrected chi connectivity index (χ3v) is 4.57. The highest BCUT2D eigenvalue weighted by Gasteiger charge is 2.25. The van der Waals surface area contributed by atoms with Gasteiger partial charge in [-0.2, -0.15) is 0 Å². The van der Waals surface area contributed by atoms with Gasteiger partial charge in [0, 0.05) is 12.1 Å². The van der Waals surface area contributed by atoms with Crippen LogP contribution in [0.25, 0.3) is 0 Å². The number of hydrogen-bond acceptors (Lipinski definition) is 1. The first-order valence-electron chi connectivity index (χ1n) is 7.28. The Kier molecular flexibility index (Phi) is 5.82. The third-order valence-electron chi connectivity index (χ3n) is 4.57. The van der Waals surface area contributed by atoms with E-state index >= 15 is 0 Å². The standard InChI is InChI=1S/C15H31N/c1-6-11(2)9-14(5)16-15-8-7-12(3)13(4)10-15/h11-16H,6-10H2,1-5H3. The highest BCUT2D eigenvalue weighted by atomic mass is 14.9. The van der Waals surface area contributed by atoms with Crippen molar-refractivity contribution in [1.29, 1.82) is 0 Å². The number of hydrogen-bond donors (Lipinski definition) is 1. The average molecular weight is 225 g/mol. The lowest BCUT2D eigenvalue weighted by Crippen LogP contribution is -2.41. The van der Waals surface area contributed by atoms with E-state index in [2.05, 4.69) is 39.9 Å². The van der Waals surface area contributed by atoms with Gasteiger partial charge in [-0.05, 0) is 50.4 Å². The third kappa shape index (κ3) is 4.45. The summed E-state index contributed by atoms with van der Waals surface area (Å²) in [6.45, 7) is 11.8. The van der Waals surface area contributed by atoms with Gasteiger partial charge in [0.15, 0.2) is 0 Å². The van der Waals surface area contributed by atoms with Crippen molar-refractivity contribution in [2.45, 2.75) is 78.8 Å². The van der Waals surface area contributed by atoms with Crippen molar-refractivity contribution in [1.82, 2.24) is 5.32 Å². The van der Waals surface area contributed by atoms with Crippen LogP contribution in [0, 0.1) is 17.8 Å². The molecule has 1 rings (SSSR count). The van der Waals surface area contributed by atoms with Gasteiger partial charge >= 0.3 is 0 Å². The number of nitrogens with one attached hydrogen (secondary N) is 1. The van der Waals surface area contributed by atoms with Crippen molar-refractivity contribution in [2.24, 2.45) is 17.8 Å². The second-order valence-corrected chi connectivity index (χ2v) is 6.28. The summed E-state index contributed by atoms with van der Waals surface area (Å²) in [5.74, 6) is 2.70. The first-order valence-corrected chi connectivity index (χ1v) is 7.28. The Bertz CT molecular complexity index is 190. The van der Waals surface area contributed by atoms with E-state index in [0.29, 0.717) is 6.04 Å². The quantitative estimate of drug-likeness (QED) is 0.738. The van der Waals surface area contributed by atoms with Crippen LogP contribution < -0.4 is 5.32 Å². The van der Waals surface area contributed by atoms with E-state index in [1.54, 1.807) is 0 Å². The van der Waals surface area contributed by atoms with Crippen LogP contribution in [0.5, 0.6) is 0 Å². The maximum atomic E-state index is 3.84. The lowest BCUT2D eigenvalue weighted by atomic mass is 9.79. The largest absolute Gasteiger partial charge is 0.311 e. The molecule has 0 heterocycles. The van der Waals surface area contributed by atoms with E-state index in [0.717, 1.165) is 23.8 Å². The summed E-state index contributed by atoms with van der Waals surface area (Å²) in [4.78, 5) is 0. The fourth-order valence-electron chi connectivity index (χ4n) is 2.94. The molecule has 96 valence electrons. The van der Waals surface area contributed by atoms with E-state index in [1.807, 2.05) is 0 Å². The van der Waals surface area contributed by atoms with Gasteiger partial charge < -0.3 is 5.32 Å². The zero-order chi connectivity index (χ0) is 12.1. The van der Waals surface area contributed by atoms with Crippen molar-refractivity contribution in [3.05, 3.63) is 0 Å². The Hall–Kier alpha value is -0.0400. The highest BCUT2D eigenvalue weighted by molar-refractivity contribution is 4.81. The molecule has 0 amide bonds. The first-order chi connectivity index (χ1) is 7.52. The molecule has 0 aromatic carbocycles. The second-order valence-electron chi connectivity index (χ2n) is 6.28. The molecule has 1 N–H and O–H groups in total. The first kappa shape index (κ1) is 14.0. The number of rotatable bonds is 5. The molecule has 0 saturated heterocycles. The molecule has 16 heavy (non-hydrogen) atoms. The van der Waals surface area contributed by atoms with Crippen LogP contribution >= 0.6 is 0 Å². The van der Waals surface area contributed by atoms with Crippen molar-refractivity contribution in [2.75, 3.05) is 0 Å². The highest BCUT2D eigenvalue weighted by Crippen LogP contribution is 2.29. The van der Waals surface area contributed by atoms with Crippen LogP contribution in [-0.2, 0) is 0 Å². The summed E-state index contributed by atoms with van der Waals surface area (Å²) in [5.41, 5.74) is 0. The Morgan fingerprint density at radius 3 is 2.38 bits per heavy atom. The van der Waals surface area contributed by atoms with Crippen molar-refractivity contribution >= 4 is 0 Å². The maximum Gasteiger partial charge on any atom is 0.00722 e. The smallest absolute Gasteiger partial charge is 0.00722 e. The summed E-state index contributed by atoms with van der Waals surface area (Å²) >= 11 is 0. The molecule has 1 fully saturated rings. The van der Waals surface area contributed by atoms with Crippen LogP contribution in [0.3, 0.4) is 0 Å². The molecular formula is C15H31N. The zero-order valence-corrected chi connectivity index (χ0v) is 11.9. The monoisotopic (exact) mass is 225 g/mol. The van der Waals surface area contributed by atoms with E-state index in [-0.39, 0.29) is 0 Å². The maximum absolute atomic E-state index is 3.84. The normalized spacial score (nSPS) is 34.7. The summed E-state index contributed by atoms with van der Waals surface area (Å²) in [6.07, 6.45) is 6.82. The van der Waals surface area contributed by atoms with Crippen LogP contribution in [-0.4, -0.2) is 12.1 Å². The average Bonchev–Trinajstić information content (AvgIpc) is 2.23. The molecular weight excluding hydrogens is 194 g/mol. The molecule has 1 heteroatoms. The van der Waals surface area contributed by atoms with Crippen molar-refractivity contribution in [3.63, 3.8) is 0 Å². The molecule has 5 atom stereocenters. The predicted octanol–water partition coefficient (Wildman–Crippen LogP) is 4.23. The van der Waals surface area contributed by atoms with Crippen molar-refractivity contribution in [3.8, 4) is 0 Å². The molecule has 0 radical (unpaired) electrons. The van der Waals surface area contributed by atoms with Crippen LogP contribution in [0.15, 0.2) is 0 Å². The molecule has 1 saturated carbocycles. The molecule has 5 unspecified atom stereocenters. The molecule has 0 bridgehead atoms. The van der Waals surface area contributed by atoms with Gasteiger partial charge in [0.25, 0.3) is 0 Å². The SMILES string of the molecule is CCC(C)CC(C)NC1CCC(C)C(C)C1. The topological polar surface area (TPSA) is 12.0 Å². The van der Waals surface area contributed by atoms with Crippen LogP contribution in [0.2, 0.25) is 0 Å². The molecule has 0 spiro atoms. The van der Waals surface area contributed by atoms with E-state index in [1.165, 1.54) is 32.1 Å². The Morgan fingerprint density at radius 2 is 1.81 bits per heavy atom. The summed E-state index contributed by atoms with van der Waals surface area (Å²) in [7, 11) is 0. The second kappa shape index (κ2) is 6.64. The molecule has 1 aliphatic rings. The Balaban J connectivity index is 2.26. The minimum Gasteiger partial charge on any atom is -0.311 e. The Labute approximate surface area is 102 Å². The minimum absolute atomic E-state index is 0.695. The molecule has 0 aromatic heterocycles. The lowest BCUT2D eigenvalue weighted by Gasteiger charge is -2.34. The molecule has 0 aromatic rings. The Morgan fingerprint density at radius 1 is 1.12 bits per heavy atom. The van der Waals surface area contributed by atoms with Gasteiger partial charge in [0.2, 0.25) is 0 Å². The summed E-state index contributed by atoms with van der Waals surface area (Å²) in [5, 5.41) is 3.84. The lowest BCUT2D eigenvalue weighted by molar-refractivity contribution is 0.211. The van der Waals surface area contributed by atoms with Gasteiger partial charge in [-0.1, -0.05) is 34.1 Å². The molecule has 1 nitrogen and oxygen atoms in total. The zero-order valence-electron chi connectivity index (χ0n) is 11.9. The van der Waals surface area contributed by atoms with Gasteiger partial charge in [-0.15, -0.1) is 0 Å². The van der Waals surface area contributed by atoms with E-state index in [9.17, 15) is 0 Å². The molecule has 1 aliphatic carbocycles.